The van der Waals surface area contributed by atoms with Crippen LogP contribution in [0.5, 0.6) is 11.5 Å². The Balaban J connectivity index is 2.91. The summed E-state index contributed by atoms with van der Waals surface area (Å²) in [6, 6.07) is 3.96. The maximum Gasteiger partial charge on any atom is 0.311 e. The molecule has 3 nitrogen and oxygen atoms in total. The number of alkyl halides is 1. The van der Waals surface area contributed by atoms with Gasteiger partial charge in [-0.3, -0.25) is 4.79 Å². The minimum absolute atomic E-state index is 0.226. The highest BCUT2D eigenvalue weighted by atomic mass is 127. The average molecular weight is 400 g/mol. The smallest absolute Gasteiger partial charge is 0.311 e. The summed E-state index contributed by atoms with van der Waals surface area (Å²) in [6.45, 7) is 4.40. The Morgan fingerprint density at radius 1 is 1.43 bits per heavy atom. The number of hydrogen-bond acceptors (Lipinski definition) is 3. The van der Waals surface area contributed by atoms with Crippen LogP contribution in [-0.4, -0.2) is 12.6 Å². The van der Waals surface area contributed by atoms with Crippen LogP contribution in [0, 0.1) is 19.3 Å². The topological polar surface area (TPSA) is 35.5 Å². The quantitative estimate of drug-likeness (QED) is 0.162. The number of hydrogen-bond donors (Lipinski definition) is 0. The van der Waals surface area contributed by atoms with Gasteiger partial charge in [-0.2, -0.15) is 0 Å². The molecule has 0 radical (unpaired) electrons. The number of carbonyl (C=O) groups excluding carboxylic acids is 1. The van der Waals surface area contributed by atoms with E-state index < -0.39 is 0 Å². The van der Waals surface area contributed by atoms with Crippen molar-refractivity contribution in [2.24, 2.45) is 0 Å². The first kappa shape index (κ1) is 17.8. The van der Waals surface area contributed by atoms with Crippen LogP contribution in [0.1, 0.15) is 43.7 Å². The number of unbranched alkanes of at least 4 members (excludes halogenated alkanes) is 1. The summed E-state index contributed by atoms with van der Waals surface area (Å²) in [7, 11) is 0. The largest absolute Gasteiger partial charge is 0.490 e. The Kier molecular flexibility index (Phi) is 8.21. The number of halogens is 1. The summed E-state index contributed by atoms with van der Waals surface area (Å²) in [5, 5.41) is 0. The molecule has 0 spiro atoms. The zero-order valence-corrected chi connectivity index (χ0v) is 14.7. The second-order valence-corrected chi connectivity index (χ2v) is 5.52. The molecule has 0 amide bonds. The maximum atomic E-state index is 11.7. The molecule has 1 aromatic carbocycles. The van der Waals surface area contributed by atoms with Gasteiger partial charge in [0, 0.05) is 17.3 Å². The normalized spacial score (nSPS) is 10.0. The summed E-state index contributed by atoms with van der Waals surface area (Å²) >= 11 is 2.30. The Hall–Kier alpha value is -1.22. The number of rotatable bonds is 8. The zero-order valence-electron chi connectivity index (χ0n) is 12.6. The van der Waals surface area contributed by atoms with Gasteiger partial charge >= 0.3 is 5.97 Å². The molecule has 21 heavy (non-hydrogen) atoms. The van der Waals surface area contributed by atoms with Crippen molar-refractivity contribution >= 4 is 28.6 Å². The van der Waals surface area contributed by atoms with Gasteiger partial charge in [0.05, 0.1) is 6.61 Å². The monoisotopic (exact) mass is 400 g/mol. The third kappa shape index (κ3) is 5.96. The van der Waals surface area contributed by atoms with Crippen molar-refractivity contribution < 1.29 is 14.3 Å². The first-order valence-electron chi connectivity index (χ1n) is 7.08. The van der Waals surface area contributed by atoms with Gasteiger partial charge < -0.3 is 9.47 Å². The fourth-order valence-corrected chi connectivity index (χ4v) is 2.29. The van der Waals surface area contributed by atoms with Gasteiger partial charge in [0.15, 0.2) is 11.5 Å². The van der Waals surface area contributed by atoms with Crippen molar-refractivity contribution in [1.82, 2.24) is 0 Å². The molecule has 0 bridgehead atoms. The van der Waals surface area contributed by atoms with E-state index in [-0.39, 0.29) is 5.97 Å². The van der Waals surface area contributed by atoms with Crippen LogP contribution < -0.4 is 9.47 Å². The number of aryl methyl sites for hydroxylation is 1. The maximum absolute atomic E-state index is 11.7. The minimum Gasteiger partial charge on any atom is -0.490 e. The van der Waals surface area contributed by atoms with Gasteiger partial charge in [-0.05, 0) is 37.0 Å². The minimum atomic E-state index is -0.226. The van der Waals surface area contributed by atoms with Crippen molar-refractivity contribution in [1.29, 1.82) is 0 Å². The van der Waals surface area contributed by atoms with E-state index in [1.807, 2.05) is 26.0 Å². The van der Waals surface area contributed by atoms with Gasteiger partial charge in [0.1, 0.15) is 0 Å². The molecule has 0 saturated carbocycles. The third-order valence-corrected chi connectivity index (χ3v) is 3.73. The summed E-state index contributed by atoms with van der Waals surface area (Å²) in [5.74, 6) is 3.52. The molecular weight excluding hydrogens is 379 g/mol. The van der Waals surface area contributed by atoms with Crippen LogP contribution in [0.2, 0.25) is 0 Å². The van der Waals surface area contributed by atoms with Crippen LogP contribution in [0.4, 0.5) is 0 Å². The van der Waals surface area contributed by atoms with E-state index >= 15 is 0 Å². The number of ether oxygens (including phenoxy) is 2. The molecule has 0 aromatic heterocycles. The molecular formula is C17H21IO3. The van der Waals surface area contributed by atoms with E-state index in [1.165, 1.54) is 0 Å². The predicted molar refractivity (Wildman–Crippen MR) is 93.0 cm³/mol. The molecule has 0 aliphatic carbocycles. The van der Waals surface area contributed by atoms with Crippen molar-refractivity contribution in [2.45, 2.75) is 44.0 Å². The van der Waals surface area contributed by atoms with E-state index in [0.717, 1.165) is 28.4 Å². The first-order valence-corrected chi connectivity index (χ1v) is 8.61. The average Bonchev–Trinajstić information content (AvgIpc) is 2.46. The predicted octanol–water partition coefficient (Wildman–Crippen LogP) is 4.43. The Labute approximate surface area is 140 Å². The fraction of sp³-hybridized carbons (Fsp3) is 0.471. The first-order chi connectivity index (χ1) is 10.1. The second-order valence-electron chi connectivity index (χ2n) is 4.75. The lowest BCUT2D eigenvalue weighted by Crippen LogP contribution is -2.10. The molecule has 0 saturated heterocycles. The Bertz CT molecular complexity index is 518. The van der Waals surface area contributed by atoms with Crippen LogP contribution in [0.25, 0.3) is 0 Å². The van der Waals surface area contributed by atoms with E-state index in [2.05, 4.69) is 28.5 Å². The summed E-state index contributed by atoms with van der Waals surface area (Å²) in [4.78, 5) is 11.7. The molecule has 0 N–H and O–H groups in total. The SMILES string of the molecule is C#CCCCOc1cc(CI)cc(C)c1OC(=O)CCC. The van der Waals surface area contributed by atoms with Crippen LogP contribution >= 0.6 is 22.6 Å². The summed E-state index contributed by atoms with van der Waals surface area (Å²) in [6.07, 6.45) is 7.86. The van der Waals surface area contributed by atoms with Crippen molar-refractivity contribution in [3.8, 4) is 23.8 Å². The lowest BCUT2D eigenvalue weighted by molar-refractivity contribution is -0.134. The summed E-state index contributed by atoms with van der Waals surface area (Å²) in [5.41, 5.74) is 2.07. The van der Waals surface area contributed by atoms with Crippen molar-refractivity contribution in [3.63, 3.8) is 0 Å². The van der Waals surface area contributed by atoms with Crippen molar-refractivity contribution in [2.75, 3.05) is 6.61 Å². The van der Waals surface area contributed by atoms with E-state index in [4.69, 9.17) is 15.9 Å². The molecule has 1 aromatic rings. The highest BCUT2D eigenvalue weighted by Gasteiger charge is 2.14. The number of terminal acetylenes is 1. The van der Waals surface area contributed by atoms with E-state index in [0.29, 0.717) is 30.9 Å². The lowest BCUT2D eigenvalue weighted by Gasteiger charge is -2.15. The second kappa shape index (κ2) is 9.67. The molecule has 0 aliphatic heterocycles. The number of esters is 1. The van der Waals surface area contributed by atoms with E-state index in [9.17, 15) is 4.79 Å². The van der Waals surface area contributed by atoms with Gasteiger partial charge in [-0.1, -0.05) is 35.6 Å². The molecule has 0 aliphatic rings. The molecule has 0 fully saturated rings. The molecule has 0 atom stereocenters. The zero-order chi connectivity index (χ0) is 15.7. The highest BCUT2D eigenvalue weighted by Crippen LogP contribution is 2.34. The van der Waals surface area contributed by atoms with E-state index in [1.54, 1.807) is 0 Å². The number of carbonyl (C=O) groups is 1. The van der Waals surface area contributed by atoms with Gasteiger partial charge in [-0.15, -0.1) is 12.3 Å². The van der Waals surface area contributed by atoms with Crippen LogP contribution in [0.15, 0.2) is 12.1 Å². The van der Waals surface area contributed by atoms with Gasteiger partial charge in [0.25, 0.3) is 0 Å². The lowest BCUT2D eigenvalue weighted by atomic mass is 10.1. The number of benzene rings is 1. The molecule has 4 heteroatoms. The molecule has 1 rings (SSSR count). The fourth-order valence-electron chi connectivity index (χ4n) is 1.85. The molecule has 0 heterocycles. The molecule has 114 valence electrons. The Morgan fingerprint density at radius 3 is 2.81 bits per heavy atom. The third-order valence-electron chi connectivity index (χ3n) is 2.85. The molecule has 0 unspecified atom stereocenters. The van der Waals surface area contributed by atoms with Gasteiger partial charge in [-0.25, -0.2) is 0 Å². The summed E-state index contributed by atoms with van der Waals surface area (Å²) < 4.78 is 12.1. The van der Waals surface area contributed by atoms with Crippen molar-refractivity contribution in [3.05, 3.63) is 23.3 Å². The Morgan fingerprint density at radius 2 is 2.19 bits per heavy atom. The van der Waals surface area contributed by atoms with Crippen LogP contribution in [-0.2, 0) is 9.22 Å². The highest BCUT2D eigenvalue weighted by molar-refractivity contribution is 14.1. The van der Waals surface area contributed by atoms with Gasteiger partial charge in [0.2, 0.25) is 0 Å². The van der Waals surface area contributed by atoms with Crippen LogP contribution in [0.3, 0.4) is 0 Å². The standard InChI is InChI=1S/C17H21IO3/c1-4-6-7-9-20-15-11-14(12-18)10-13(3)17(15)21-16(19)8-5-2/h1,10-11H,5-9,12H2,2-3H3.